The molecule has 0 aliphatic heterocycles. The molecule has 0 atom stereocenters. The second kappa shape index (κ2) is 16.9. The molecule has 0 aliphatic rings. The van der Waals surface area contributed by atoms with Crippen molar-refractivity contribution in [3.63, 3.8) is 0 Å². The van der Waals surface area contributed by atoms with Crippen LogP contribution in [0, 0.1) is 35.9 Å². The Morgan fingerprint density at radius 2 is 0.741 bits per heavy atom. The van der Waals surface area contributed by atoms with Crippen LogP contribution >= 0.6 is 0 Å². The molecule has 0 bridgehead atoms. The third-order valence-electron chi connectivity index (χ3n) is 9.48. The molecule has 0 unspecified atom stereocenters. The van der Waals surface area contributed by atoms with Crippen molar-refractivity contribution in [1.82, 2.24) is 19.9 Å². The first-order chi connectivity index (χ1) is 27.7. The van der Waals surface area contributed by atoms with Crippen LogP contribution in [0.5, 0.6) is 0 Å². The molecule has 4 aromatic carbocycles. The van der Waals surface area contributed by atoms with Gasteiger partial charge in [0.15, 0.2) is 0 Å². The minimum Gasteiger partial charge on any atom is -0.311 e. The van der Waals surface area contributed by atoms with Crippen molar-refractivity contribution in [3.05, 3.63) is 205 Å². The summed E-state index contributed by atoms with van der Waals surface area (Å²) in [4.78, 5) is 20.8. The number of hydrogen-bond acceptors (Lipinski definition) is 6. The molecule has 8 aromatic rings. The minimum absolute atomic E-state index is 0. The van der Waals surface area contributed by atoms with Crippen LogP contribution in [-0.4, -0.2) is 19.9 Å². The van der Waals surface area contributed by atoms with E-state index >= 15 is 8.78 Å². The first-order valence-corrected chi connectivity index (χ1v) is 18.0. The summed E-state index contributed by atoms with van der Waals surface area (Å²) in [7, 11) is 0. The van der Waals surface area contributed by atoms with Crippen molar-refractivity contribution in [3.8, 4) is 22.5 Å². The van der Waals surface area contributed by atoms with Crippen LogP contribution < -0.4 is 9.80 Å². The Hall–Kier alpha value is -6.51. The summed E-state index contributed by atoms with van der Waals surface area (Å²) in [6, 6.07) is 53.0. The molecule has 0 spiro atoms. The van der Waals surface area contributed by atoms with Gasteiger partial charge in [0.25, 0.3) is 0 Å². The molecular formula is C47H32F4N6Pt. The zero-order valence-corrected chi connectivity index (χ0v) is 33.3. The third-order valence-corrected chi connectivity index (χ3v) is 9.48. The molecule has 8 rings (SSSR count). The summed E-state index contributed by atoms with van der Waals surface area (Å²) >= 11 is 0. The average Bonchev–Trinajstić information content (AvgIpc) is 3.22. The van der Waals surface area contributed by atoms with Crippen molar-refractivity contribution in [2.75, 3.05) is 9.80 Å². The predicted octanol–water partition coefficient (Wildman–Crippen LogP) is 12.0. The van der Waals surface area contributed by atoms with Crippen molar-refractivity contribution in [2.45, 2.75) is 19.3 Å². The summed E-state index contributed by atoms with van der Waals surface area (Å²) in [6.45, 7) is 3.80. The van der Waals surface area contributed by atoms with Crippen LogP contribution in [0.1, 0.15) is 25.2 Å². The Labute approximate surface area is 347 Å². The van der Waals surface area contributed by atoms with E-state index < -0.39 is 29.2 Å². The summed E-state index contributed by atoms with van der Waals surface area (Å²) in [6.07, 6.45) is 0. The van der Waals surface area contributed by atoms with Gasteiger partial charge in [-0.05, 0) is 85.9 Å². The van der Waals surface area contributed by atoms with Gasteiger partial charge in [0.05, 0.1) is 0 Å². The molecule has 288 valence electrons. The van der Waals surface area contributed by atoms with Crippen LogP contribution in [0.2, 0.25) is 0 Å². The van der Waals surface area contributed by atoms with E-state index in [-0.39, 0.29) is 43.6 Å². The van der Waals surface area contributed by atoms with E-state index in [1.807, 2.05) is 157 Å². The summed E-state index contributed by atoms with van der Waals surface area (Å²) in [5.74, 6) is -4.18. The van der Waals surface area contributed by atoms with Crippen LogP contribution in [-0.2, 0) is 26.5 Å². The van der Waals surface area contributed by atoms with Gasteiger partial charge in [-0.3, -0.25) is 9.97 Å². The zero-order chi connectivity index (χ0) is 39.5. The van der Waals surface area contributed by atoms with E-state index in [9.17, 15) is 8.78 Å². The normalized spacial score (nSPS) is 11.1. The van der Waals surface area contributed by atoms with Gasteiger partial charge in [-0.25, -0.2) is 17.6 Å². The fourth-order valence-corrected chi connectivity index (χ4v) is 6.63. The number of rotatable bonds is 10. The maximum Gasteiger partial charge on any atom is 2.00 e. The number of aromatic nitrogens is 4. The molecule has 0 fully saturated rings. The molecule has 0 radical (unpaired) electrons. The molecule has 0 N–H and O–H groups in total. The number of halogens is 4. The van der Waals surface area contributed by atoms with E-state index in [2.05, 4.69) is 22.1 Å². The standard InChI is InChI=1S/C47H32F4N6.Pt/c1-47(2,41-29-35(27-39(52-41)37-23-25-43(48)54-45(37)50)56(31-15-7-3-8-16-31)32-17-9-4-10-18-32)42-30-36(28-40(53-42)38-24-26-44(49)55-46(38)51)57(33-19-11-5-12-20-33)34-21-13-6-14-22-34;/h3-22,25-30H,1-2H3;/q-2;+2. The predicted molar refractivity (Wildman–Crippen MR) is 214 cm³/mol. The van der Waals surface area contributed by atoms with Gasteiger partial charge in [0.1, 0.15) is 23.8 Å². The number of pyridine rings is 4. The van der Waals surface area contributed by atoms with Gasteiger partial charge < -0.3 is 19.8 Å². The Morgan fingerprint density at radius 1 is 0.431 bits per heavy atom. The Bertz CT molecular complexity index is 2410. The SMILES string of the molecule is CC(C)(c1cc(N(c2ccccc2)c2ccccc2)cc(-c2[c-]cc(F)nc2F)n1)c1cc(N(c2ccccc2)c2ccccc2)cc(-c2[c-]cc(F)nc2F)n1.[Pt+2]. The van der Waals surface area contributed by atoms with Crippen molar-refractivity contribution in [1.29, 1.82) is 0 Å². The van der Waals surface area contributed by atoms with Crippen LogP contribution in [0.25, 0.3) is 22.5 Å². The zero-order valence-electron chi connectivity index (χ0n) is 31.0. The molecule has 0 saturated carbocycles. The van der Waals surface area contributed by atoms with E-state index in [1.165, 1.54) is 0 Å². The molecule has 0 amide bonds. The van der Waals surface area contributed by atoms with Gasteiger partial charge in [0.2, 0.25) is 0 Å². The Kier molecular flexibility index (Phi) is 11.6. The molecule has 4 aromatic heterocycles. The fraction of sp³-hybridized carbons (Fsp3) is 0.0638. The molecular weight excluding hydrogens is 920 g/mol. The van der Waals surface area contributed by atoms with Crippen LogP contribution in [0.4, 0.5) is 51.7 Å². The number of benzene rings is 4. The van der Waals surface area contributed by atoms with E-state index in [0.29, 0.717) is 22.8 Å². The van der Waals surface area contributed by atoms with Gasteiger partial charge in [0, 0.05) is 50.9 Å². The largest absolute Gasteiger partial charge is 2.00 e. The van der Waals surface area contributed by atoms with Crippen LogP contribution in [0.3, 0.4) is 0 Å². The molecule has 4 heterocycles. The molecule has 58 heavy (non-hydrogen) atoms. The van der Waals surface area contributed by atoms with Gasteiger partial charge in [-0.15, -0.1) is 12.1 Å². The maximum absolute atomic E-state index is 15.5. The topological polar surface area (TPSA) is 58.0 Å². The quantitative estimate of drug-likeness (QED) is 0.0773. The van der Waals surface area contributed by atoms with Gasteiger partial charge in [-0.2, -0.15) is 0 Å². The second-order valence-electron chi connectivity index (χ2n) is 13.6. The van der Waals surface area contributed by atoms with Crippen molar-refractivity contribution < 1.29 is 38.6 Å². The molecule has 11 heteroatoms. The van der Waals surface area contributed by atoms with E-state index in [1.54, 1.807) is 12.1 Å². The monoisotopic (exact) mass is 951 g/mol. The van der Waals surface area contributed by atoms with Gasteiger partial charge >= 0.3 is 21.1 Å². The Balaban J connectivity index is 0.00000512. The molecule has 6 nitrogen and oxygen atoms in total. The number of anilines is 6. The maximum atomic E-state index is 15.5. The van der Waals surface area contributed by atoms with Crippen LogP contribution in [0.15, 0.2) is 158 Å². The number of nitrogens with zero attached hydrogens (tertiary/aromatic N) is 6. The molecule has 0 aliphatic carbocycles. The average molecular weight is 952 g/mol. The smallest absolute Gasteiger partial charge is 0.311 e. The minimum atomic E-state index is -1.10. The fourth-order valence-electron chi connectivity index (χ4n) is 6.63. The summed E-state index contributed by atoms with van der Waals surface area (Å²) in [5.41, 5.74) is 4.25. The van der Waals surface area contributed by atoms with Crippen molar-refractivity contribution in [2.24, 2.45) is 0 Å². The summed E-state index contributed by atoms with van der Waals surface area (Å²) in [5, 5.41) is 0. The first kappa shape index (κ1) is 39.7. The summed E-state index contributed by atoms with van der Waals surface area (Å²) < 4.78 is 59.2. The Morgan fingerprint density at radius 3 is 1.03 bits per heavy atom. The van der Waals surface area contributed by atoms with Gasteiger partial charge in [-0.1, -0.05) is 108 Å². The second-order valence-corrected chi connectivity index (χ2v) is 13.6. The van der Waals surface area contributed by atoms with E-state index in [0.717, 1.165) is 34.9 Å². The first-order valence-electron chi connectivity index (χ1n) is 18.0. The number of para-hydroxylation sites is 4. The number of hydrogen-bond donors (Lipinski definition) is 0. The van der Waals surface area contributed by atoms with Crippen molar-refractivity contribution >= 4 is 34.1 Å². The third kappa shape index (κ3) is 8.15. The van der Waals surface area contributed by atoms with E-state index in [4.69, 9.17) is 9.97 Å². The molecule has 0 saturated heterocycles.